The molecule has 18 heavy (non-hydrogen) atoms. The van der Waals surface area contributed by atoms with Crippen LogP contribution in [-0.4, -0.2) is 29.2 Å². The molecule has 0 spiro atoms. The van der Waals surface area contributed by atoms with Crippen LogP contribution in [0.1, 0.15) is 0 Å². The van der Waals surface area contributed by atoms with Crippen LogP contribution in [-0.2, 0) is 4.79 Å². The molecule has 0 fully saturated rings. The van der Waals surface area contributed by atoms with Gasteiger partial charge >= 0.3 is 17.8 Å². The molecule has 1 rings (SSSR count). The van der Waals surface area contributed by atoms with Gasteiger partial charge in [-0.15, -0.1) is 0 Å². The molecule has 0 atom stereocenters. The number of methoxy groups -OCH3 is 1. The fourth-order valence-electron chi connectivity index (χ4n) is 1.07. The van der Waals surface area contributed by atoms with Gasteiger partial charge in [-0.25, -0.2) is 4.79 Å². The third kappa shape index (κ3) is 2.81. The minimum atomic E-state index is -4.47. The molecule has 0 aliphatic rings. The summed E-state index contributed by atoms with van der Waals surface area (Å²) in [5.41, 5.74) is -0.615. The molecule has 0 aliphatic carbocycles. The van der Waals surface area contributed by atoms with Crippen LogP contribution in [0, 0.1) is 10.1 Å². The molecule has 9 heteroatoms. The van der Waals surface area contributed by atoms with Gasteiger partial charge in [-0.1, -0.05) is 0 Å². The molecule has 0 bridgehead atoms. The largest absolute Gasteiger partial charge is 0.501 e. The lowest BCUT2D eigenvalue weighted by atomic mass is 10.3. The Bertz CT molecular complexity index is 490. The van der Waals surface area contributed by atoms with E-state index in [0.29, 0.717) is 6.07 Å². The summed E-state index contributed by atoms with van der Waals surface area (Å²) in [7, 11) is 1.16. The first-order chi connectivity index (χ1) is 8.27. The van der Waals surface area contributed by atoms with Crippen molar-refractivity contribution in [2.45, 2.75) is 6.11 Å². The van der Waals surface area contributed by atoms with E-state index in [-0.39, 0.29) is 5.75 Å². The smallest absolute Gasteiger partial charge is 0.490 e. The molecule has 7 nitrogen and oxygen atoms in total. The maximum atomic E-state index is 12.7. The van der Waals surface area contributed by atoms with E-state index in [1.807, 2.05) is 0 Å². The number of carbonyl (C=O) groups is 1. The summed E-state index contributed by atoms with van der Waals surface area (Å²) in [6, 6.07) is 2.60. The van der Waals surface area contributed by atoms with Gasteiger partial charge < -0.3 is 14.6 Å². The van der Waals surface area contributed by atoms with Crippen LogP contribution in [0.15, 0.2) is 18.2 Å². The number of benzene rings is 1. The highest BCUT2D eigenvalue weighted by Crippen LogP contribution is 2.32. The van der Waals surface area contributed by atoms with Crippen molar-refractivity contribution in [1.82, 2.24) is 0 Å². The van der Waals surface area contributed by atoms with E-state index >= 15 is 0 Å². The van der Waals surface area contributed by atoms with Crippen LogP contribution < -0.4 is 9.47 Å². The molecular weight excluding hydrogens is 256 g/mol. The van der Waals surface area contributed by atoms with Gasteiger partial charge in [0, 0.05) is 0 Å². The van der Waals surface area contributed by atoms with E-state index in [4.69, 9.17) is 5.11 Å². The molecule has 1 aromatic rings. The Morgan fingerprint density at radius 2 is 2.11 bits per heavy atom. The van der Waals surface area contributed by atoms with Crippen molar-refractivity contribution in [1.29, 1.82) is 0 Å². The lowest BCUT2D eigenvalue weighted by Crippen LogP contribution is -2.34. The van der Waals surface area contributed by atoms with E-state index in [1.54, 1.807) is 0 Å². The number of carboxylic acids is 1. The van der Waals surface area contributed by atoms with Crippen LogP contribution in [0.3, 0.4) is 0 Å². The molecule has 0 unspecified atom stereocenters. The predicted molar refractivity (Wildman–Crippen MR) is 52.9 cm³/mol. The Hall–Kier alpha value is -2.45. The standard InChI is InChI=1S/C9H7F2NO6/c1-17-7-3-2-5(4-6(7)12(15)16)18-9(10,11)8(13)14/h2-4H,1H3,(H,13,14). The second-order valence-electron chi connectivity index (χ2n) is 3.01. The molecule has 0 saturated carbocycles. The number of nitrogens with zero attached hydrogens (tertiary/aromatic N) is 1. The Balaban J connectivity index is 3.10. The zero-order valence-electron chi connectivity index (χ0n) is 8.92. The van der Waals surface area contributed by atoms with Gasteiger partial charge in [0.25, 0.3) is 0 Å². The lowest BCUT2D eigenvalue weighted by Gasteiger charge is -2.13. The first kappa shape index (κ1) is 13.6. The molecule has 0 aliphatic heterocycles. The molecule has 0 heterocycles. The SMILES string of the molecule is COc1ccc(OC(F)(F)C(=O)O)cc1[N+](=O)[O-]. The average molecular weight is 263 g/mol. The Morgan fingerprint density at radius 3 is 2.56 bits per heavy atom. The fourth-order valence-corrected chi connectivity index (χ4v) is 1.07. The summed E-state index contributed by atoms with van der Waals surface area (Å²) in [5, 5.41) is 18.7. The van der Waals surface area contributed by atoms with Crippen molar-refractivity contribution in [3.05, 3.63) is 28.3 Å². The summed E-state index contributed by atoms with van der Waals surface area (Å²) in [4.78, 5) is 19.9. The molecule has 0 aromatic heterocycles. The van der Waals surface area contributed by atoms with Crippen molar-refractivity contribution in [2.75, 3.05) is 7.11 Å². The van der Waals surface area contributed by atoms with E-state index in [0.717, 1.165) is 19.2 Å². The summed E-state index contributed by atoms with van der Waals surface area (Å²) in [6.45, 7) is 0. The normalized spacial score (nSPS) is 10.8. The Kier molecular flexibility index (Phi) is 3.64. The highest BCUT2D eigenvalue weighted by atomic mass is 19.3. The molecule has 0 radical (unpaired) electrons. The number of nitro groups is 1. The van der Waals surface area contributed by atoms with Crippen LogP contribution >= 0.6 is 0 Å². The number of aliphatic carboxylic acids is 1. The predicted octanol–water partition coefficient (Wildman–Crippen LogP) is 1.66. The van der Waals surface area contributed by atoms with Gasteiger partial charge in [0.2, 0.25) is 0 Å². The molecule has 1 N–H and O–H groups in total. The van der Waals surface area contributed by atoms with Gasteiger partial charge in [0.1, 0.15) is 5.75 Å². The molecule has 0 amide bonds. The summed E-state index contributed by atoms with van der Waals surface area (Å²) < 4.78 is 33.9. The van der Waals surface area contributed by atoms with Crippen molar-refractivity contribution >= 4 is 11.7 Å². The number of rotatable bonds is 5. The van der Waals surface area contributed by atoms with E-state index in [2.05, 4.69) is 9.47 Å². The number of halogens is 2. The summed E-state index contributed by atoms with van der Waals surface area (Å²) >= 11 is 0. The van der Waals surface area contributed by atoms with Crippen molar-refractivity contribution in [2.24, 2.45) is 0 Å². The van der Waals surface area contributed by atoms with Gasteiger partial charge in [-0.05, 0) is 12.1 Å². The third-order valence-corrected chi connectivity index (χ3v) is 1.84. The molecule has 98 valence electrons. The average Bonchev–Trinajstić information content (AvgIpc) is 2.28. The van der Waals surface area contributed by atoms with Crippen LogP contribution in [0.5, 0.6) is 11.5 Å². The Morgan fingerprint density at radius 1 is 1.50 bits per heavy atom. The number of carboxylic acid groups (broad SMARTS) is 1. The number of hydrogen-bond donors (Lipinski definition) is 1. The first-order valence-electron chi connectivity index (χ1n) is 4.40. The highest BCUT2D eigenvalue weighted by Gasteiger charge is 2.42. The number of hydrogen-bond acceptors (Lipinski definition) is 5. The van der Waals surface area contributed by atoms with Crippen LogP contribution in [0.25, 0.3) is 0 Å². The molecular formula is C9H7F2NO6. The van der Waals surface area contributed by atoms with Crippen molar-refractivity contribution in [3.8, 4) is 11.5 Å². The zero-order valence-corrected chi connectivity index (χ0v) is 8.92. The van der Waals surface area contributed by atoms with Crippen molar-refractivity contribution in [3.63, 3.8) is 0 Å². The minimum Gasteiger partial charge on any atom is -0.490 e. The minimum absolute atomic E-state index is 0.161. The van der Waals surface area contributed by atoms with E-state index in [1.165, 1.54) is 0 Å². The van der Waals surface area contributed by atoms with Crippen molar-refractivity contribution < 1.29 is 33.1 Å². The zero-order chi connectivity index (χ0) is 13.9. The highest BCUT2D eigenvalue weighted by molar-refractivity contribution is 5.74. The van der Waals surface area contributed by atoms with Gasteiger partial charge in [0.05, 0.1) is 18.1 Å². The summed E-state index contributed by atoms with van der Waals surface area (Å²) in [5.74, 6) is -3.32. The quantitative estimate of drug-likeness (QED) is 0.640. The second kappa shape index (κ2) is 4.82. The van der Waals surface area contributed by atoms with Gasteiger partial charge in [-0.2, -0.15) is 8.78 Å². The Labute approximate surface area is 98.7 Å². The topological polar surface area (TPSA) is 98.9 Å². The monoisotopic (exact) mass is 263 g/mol. The van der Waals surface area contributed by atoms with E-state index < -0.39 is 28.4 Å². The third-order valence-electron chi connectivity index (χ3n) is 1.84. The maximum Gasteiger partial charge on any atom is 0.501 e. The van der Waals surface area contributed by atoms with Gasteiger partial charge in [0.15, 0.2) is 5.75 Å². The van der Waals surface area contributed by atoms with E-state index in [9.17, 15) is 23.7 Å². The number of nitro benzene ring substituents is 1. The van der Waals surface area contributed by atoms with Crippen LogP contribution in [0.4, 0.5) is 14.5 Å². The number of ether oxygens (including phenoxy) is 2. The van der Waals surface area contributed by atoms with Crippen LogP contribution in [0.2, 0.25) is 0 Å². The molecule has 1 aromatic carbocycles. The molecule has 0 saturated heterocycles. The number of alkyl halides is 2. The maximum absolute atomic E-state index is 12.7. The van der Waals surface area contributed by atoms with Gasteiger partial charge in [-0.3, -0.25) is 10.1 Å². The lowest BCUT2D eigenvalue weighted by molar-refractivity contribution is -0.385. The fraction of sp³-hybridized carbons (Fsp3) is 0.222. The first-order valence-corrected chi connectivity index (χ1v) is 4.40. The summed E-state index contributed by atoms with van der Waals surface area (Å²) in [6.07, 6.45) is -4.47. The second-order valence-corrected chi connectivity index (χ2v) is 3.01.